The lowest BCUT2D eigenvalue weighted by Gasteiger charge is -2.14. The second kappa shape index (κ2) is 6.66. The molecule has 0 spiro atoms. The molecule has 1 N–H and O–H groups in total. The van der Waals surface area contributed by atoms with Crippen molar-refractivity contribution in [2.45, 2.75) is 32.4 Å². The molecule has 2 aromatic carbocycles. The highest BCUT2D eigenvalue weighted by Crippen LogP contribution is 2.35. The van der Waals surface area contributed by atoms with Gasteiger partial charge in [0.25, 0.3) is 0 Å². The number of benzene rings is 2. The van der Waals surface area contributed by atoms with Crippen LogP contribution in [0.4, 0.5) is 24.5 Å². The number of para-hydroxylation sites is 1. The molecule has 0 heterocycles. The van der Waals surface area contributed by atoms with Crippen molar-refractivity contribution in [2.24, 2.45) is 0 Å². The van der Waals surface area contributed by atoms with Gasteiger partial charge in [-0.1, -0.05) is 37.6 Å². The molecular formula is C17H18F3N. The van der Waals surface area contributed by atoms with Gasteiger partial charge in [0.2, 0.25) is 0 Å². The molecule has 0 aromatic heterocycles. The number of unbranched alkanes of at least 4 members (excludes halogenated alkanes) is 1. The maximum Gasteiger partial charge on any atom is 0.418 e. The lowest BCUT2D eigenvalue weighted by Crippen LogP contribution is -2.08. The maximum atomic E-state index is 12.9. The van der Waals surface area contributed by atoms with E-state index in [1.807, 2.05) is 24.3 Å². The standard InChI is InChI=1S/C17H18F3N/c1-2-3-6-13-9-11-14(12-10-13)21-16-8-5-4-7-15(16)17(18,19)20/h4-5,7-12,21H,2-3,6H2,1H3. The molecule has 0 radical (unpaired) electrons. The van der Waals surface area contributed by atoms with Crippen LogP contribution in [0.1, 0.15) is 30.9 Å². The predicted molar refractivity (Wildman–Crippen MR) is 79.8 cm³/mol. The summed E-state index contributed by atoms with van der Waals surface area (Å²) in [6.45, 7) is 2.13. The Kier molecular flexibility index (Phi) is 4.89. The molecule has 21 heavy (non-hydrogen) atoms. The molecule has 0 fully saturated rings. The fraction of sp³-hybridized carbons (Fsp3) is 0.294. The molecule has 0 atom stereocenters. The summed E-state index contributed by atoms with van der Waals surface area (Å²) in [4.78, 5) is 0. The Labute approximate surface area is 122 Å². The van der Waals surface area contributed by atoms with Gasteiger partial charge in [-0.05, 0) is 42.7 Å². The largest absolute Gasteiger partial charge is 0.418 e. The predicted octanol–water partition coefficient (Wildman–Crippen LogP) is 5.79. The highest BCUT2D eigenvalue weighted by molar-refractivity contribution is 5.64. The van der Waals surface area contributed by atoms with E-state index in [-0.39, 0.29) is 5.69 Å². The summed E-state index contributed by atoms with van der Waals surface area (Å²) in [7, 11) is 0. The van der Waals surface area contributed by atoms with Crippen LogP contribution in [0, 0.1) is 0 Å². The van der Waals surface area contributed by atoms with Crippen LogP contribution >= 0.6 is 0 Å². The summed E-state index contributed by atoms with van der Waals surface area (Å²) in [5.74, 6) is 0. The quantitative estimate of drug-likeness (QED) is 0.735. The second-order valence-electron chi connectivity index (χ2n) is 4.97. The van der Waals surface area contributed by atoms with E-state index in [9.17, 15) is 13.2 Å². The van der Waals surface area contributed by atoms with E-state index in [1.165, 1.54) is 17.7 Å². The lowest BCUT2D eigenvalue weighted by atomic mass is 10.1. The van der Waals surface area contributed by atoms with Gasteiger partial charge in [-0.15, -0.1) is 0 Å². The first kappa shape index (κ1) is 15.4. The Balaban J connectivity index is 2.15. The molecule has 0 saturated carbocycles. The van der Waals surface area contributed by atoms with Gasteiger partial charge in [0.1, 0.15) is 0 Å². The minimum atomic E-state index is -4.36. The van der Waals surface area contributed by atoms with Crippen LogP contribution in [0.15, 0.2) is 48.5 Å². The third-order valence-electron chi connectivity index (χ3n) is 3.28. The zero-order valence-electron chi connectivity index (χ0n) is 11.9. The average molecular weight is 293 g/mol. The molecule has 112 valence electrons. The fourth-order valence-corrected chi connectivity index (χ4v) is 2.13. The summed E-state index contributed by atoms with van der Waals surface area (Å²) in [5, 5.41) is 2.84. The highest BCUT2D eigenvalue weighted by atomic mass is 19.4. The molecule has 0 saturated heterocycles. The summed E-state index contributed by atoms with van der Waals surface area (Å²) in [6, 6.07) is 13.0. The summed E-state index contributed by atoms with van der Waals surface area (Å²) in [6.07, 6.45) is -1.12. The Hall–Kier alpha value is -1.97. The van der Waals surface area contributed by atoms with Crippen molar-refractivity contribution in [2.75, 3.05) is 5.32 Å². The van der Waals surface area contributed by atoms with Gasteiger partial charge < -0.3 is 5.32 Å². The van der Waals surface area contributed by atoms with Crippen molar-refractivity contribution in [3.8, 4) is 0 Å². The van der Waals surface area contributed by atoms with Gasteiger partial charge in [-0.2, -0.15) is 13.2 Å². The molecule has 1 nitrogen and oxygen atoms in total. The minimum absolute atomic E-state index is 0.0753. The topological polar surface area (TPSA) is 12.0 Å². The van der Waals surface area contributed by atoms with Gasteiger partial charge in [0, 0.05) is 5.69 Å². The van der Waals surface area contributed by atoms with E-state index < -0.39 is 11.7 Å². The summed E-state index contributed by atoms with van der Waals surface area (Å²) < 4.78 is 38.7. The fourth-order valence-electron chi connectivity index (χ4n) is 2.13. The van der Waals surface area contributed by atoms with Crippen molar-refractivity contribution >= 4 is 11.4 Å². The third kappa shape index (κ3) is 4.25. The first-order valence-electron chi connectivity index (χ1n) is 7.03. The molecular weight excluding hydrogens is 275 g/mol. The average Bonchev–Trinajstić information content (AvgIpc) is 2.46. The molecule has 2 aromatic rings. The van der Waals surface area contributed by atoms with Gasteiger partial charge in [0.05, 0.1) is 11.3 Å². The van der Waals surface area contributed by atoms with Crippen molar-refractivity contribution < 1.29 is 13.2 Å². The first-order chi connectivity index (χ1) is 10.0. The van der Waals surface area contributed by atoms with Crippen LogP contribution in [0.2, 0.25) is 0 Å². The van der Waals surface area contributed by atoms with Gasteiger partial charge in [-0.3, -0.25) is 0 Å². The number of hydrogen-bond donors (Lipinski definition) is 1. The number of alkyl halides is 3. The Morgan fingerprint density at radius 2 is 1.62 bits per heavy atom. The Bertz CT molecular complexity index is 573. The van der Waals surface area contributed by atoms with Crippen LogP contribution in [-0.4, -0.2) is 0 Å². The van der Waals surface area contributed by atoms with Crippen molar-refractivity contribution in [1.29, 1.82) is 0 Å². The van der Waals surface area contributed by atoms with Gasteiger partial charge in [0.15, 0.2) is 0 Å². The number of aryl methyl sites for hydroxylation is 1. The zero-order valence-corrected chi connectivity index (χ0v) is 11.9. The smallest absolute Gasteiger partial charge is 0.355 e. The van der Waals surface area contributed by atoms with E-state index in [4.69, 9.17) is 0 Å². The van der Waals surface area contributed by atoms with Gasteiger partial charge >= 0.3 is 6.18 Å². The van der Waals surface area contributed by atoms with E-state index in [1.54, 1.807) is 6.07 Å². The number of rotatable bonds is 5. The third-order valence-corrected chi connectivity index (χ3v) is 3.28. The highest BCUT2D eigenvalue weighted by Gasteiger charge is 2.33. The van der Waals surface area contributed by atoms with Crippen LogP contribution < -0.4 is 5.32 Å². The van der Waals surface area contributed by atoms with Crippen LogP contribution in [0.5, 0.6) is 0 Å². The van der Waals surface area contributed by atoms with Crippen LogP contribution in [-0.2, 0) is 12.6 Å². The maximum absolute atomic E-state index is 12.9. The SMILES string of the molecule is CCCCc1ccc(Nc2ccccc2C(F)(F)F)cc1. The molecule has 0 amide bonds. The molecule has 0 bridgehead atoms. The van der Waals surface area contributed by atoms with Crippen molar-refractivity contribution in [3.63, 3.8) is 0 Å². The van der Waals surface area contributed by atoms with E-state index in [0.717, 1.165) is 25.3 Å². The Morgan fingerprint density at radius 1 is 0.952 bits per heavy atom. The van der Waals surface area contributed by atoms with Crippen molar-refractivity contribution in [1.82, 2.24) is 0 Å². The molecule has 0 aliphatic carbocycles. The summed E-state index contributed by atoms with van der Waals surface area (Å²) >= 11 is 0. The van der Waals surface area contributed by atoms with Crippen LogP contribution in [0.25, 0.3) is 0 Å². The van der Waals surface area contributed by atoms with Crippen LogP contribution in [0.3, 0.4) is 0 Å². The number of hydrogen-bond acceptors (Lipinski definition) is 1. The van der Waals surface area contributed by atoms with Gasteiger partial charge in [-0.25, -0.2) is 0 Å². The summed E-state index contributed by atoms with van der Waals surface area (Å²) in [5.41, 5.74) is 1.28. The monoisotopic (exact) mass is 293 g/mol. The zero-order chi connectivity index (χ0) is 15.3. The first-order valence-corrected chi connectivity index (χ1v) is 7.03. The number of anilines is 2. The van der Waals surface area contributed by atoms with E-state index in [2.05, 4.69) is 12.2 Å². The van der Waals surface area contributed by atoms with E-state index in [0.29, 0.717) is 5.69 Å². The number of nitrogens with one attached hydrogen (secondary N) is 1. The number of halogens is 3. The molecule has 0 unspecified atom stereocenters. The lowest BCUT2D eigenvalue weighted by molar-refractivity contribution is -0.136. The Morgan fingerprint density at radius 3 is 2.24 bits per heavy atom. The van der Waals surface area contributed by atoms with E-state index >= 15 is 0 Å². The normalized spacial score (nSPS) is 11.4. The molecule has 2 rings (SSSR count). The molecule has 0 aliphatic rings. The van der Waals surface area contributed by atoms with Crippen molar-refractivity contribution in [3.05, 3.63) is 59.7 Å². The molecule has 0 aliphatic heterocycles. The second-order valence-corrected chi connectivity index (χ2v) is 4.97. The molecule has 4 heteroatoms. The minimum Gasteiger partial charge on any atom is -0.355 e.